The molecule has 0 amide bonds. The number of hydrogen-bond donors (Lipinski definition) is 1. The maximum atomic E-state index is 5.55. The van der Waals surface area contributed by atoms with Gasteiger partial charge in [-0.15, -0.1) is 11.3 Å². The van der Waals surface area contributed by atoms with Crippen LogP contribution in [0.5, 0.6) is 0 Å². The first kappa shape index (κ1) is 13.6. The summed E-state index contributed by atoms with van der Waals surface area (Å²) in [5.41, 5.74) is 0.0854. The van der Waals surface area contributed by atoms with Gasteiger partial charge in [-0.25, -0.2) is 4.98 Å². The molecule has 3 nitrogen and oxygen atoms in total. The van der Waals surface area contributed by atoms with Crippen LogP contribution in [0.2, 0.25) is 0 Å². The molecule has 0 saturated carbocycles. The Morgan fingerprint density at radius 1 is 1.50 bits per heavy atom. The molecule has 0 aliphatic rings. The fourth-order valence-electron chi connectivity index (χ4n) is 1.60. The van der Waals surface area contributed by atoms with Crippen LogP contribution in [0, 0.1) is 5.41 Å². The van der Waals surface area contributed by atoms with E-state index >= 15 is 0 Å². The molecule has 1 atom stereocenters. The van der Waals surface area contributed by atoms with Crippen molar-refractivity contribution in [3.63, 3.8) is 0 Å². The molecular formula is C12H22N2OS. The lowest BCUT2D eigenvalue weighted by molar-refractivity contribution is 0.0150. The smallest absolute Gasteiger partial charge is 0.122 e. The molecule has 1 unspecified atom stereocenters. The van der Waals surface area contributed by atoms with E-state index in [-0.39, 0.29) is 11.5 Å². The highest BCUT2D eigenvalue weighted by Crippen LogP contribution is 2.37. The first-order valence-electron chi connectivity index (χ1n) is 5.67. The molecule has 0 fully saturated rings. The lowest BCUT2D eigenvalue weighted by Gasteiger charge is -2.27. The van der Waals surface area contributed by atoms with Crippen LogP contribution in [0.25, 0.3) is 0 Å². The zero-order valence-electron chi connectivity index (χ0n) is 10.8. The summed E-state index contributed by atoms with van der Waals surface area (Å²) in [4.78, 5) is 5.73. The fraction of sp³-hybridized carbons (Fsp3) is 0.750. The van der Waals surface area contributed by atoms with Crippen LogP contribution >= 0.6 is 11.3 Å². The van der Waals surface area contributed by atoms with Crippen LogP contribution in [0.1, 0.15) is 43.7 Å². The van der Waals surface area contributed by atoms with Gasteiger partial charge >= 0.3 is 0 Å². The molecule has 0 aliphatic heterocycles. The van der Waals surface area contributed by atoms with Gasteiger partial charge in [0.05, 0.1) is 0 Å². The van der Waals surface area contributed by atoms with Crippen molar-refractivity contribution in [1.29, 1.82) is 0 Å². The van der Waals surface area contributed by atoms with E-state index in [4.69, 9.17) is 4.74 Å². The second-order valence-corrected chi connectivity index (χ2v) is 6.07. The summed E-state index contributed by atoms with van der Waals surface area (Å²) in [7, 11) is 1.75. The van der Waals surface area contributed by atoms with Crippen LogP contribution in [0.3, 0.4) is 0 Å². The average molecular weight is 242 g/mol. The van der Waals surface area contributed by atoms with Crippen molar-refractivity contribution in [3.05, 3.63) is 16.1 Å². The van der Waals surface area contributed by atoms with E-state index in [1.807, 2.05) is 6.20 Å². The maximum absolute atomic E-state index is 5.55. The predicted octanol–water partition coefficient (Wildman–Crippen LogP) is 2.99. The summed E-state index contributed by atoms with van der Waals surface area (Å²) in [6, 6.07) is 0. The van der Waals surface area contributed by atoms with Gasteiger partial charge in [-0.2, -0.15) is 0 Å². The van der Waals surface area contributed by atoms with E-state index in [0.29, 0.717) is 0 Å². The number of aromatic nitrogens is 1. The summed E-state index contributed by atoms with van der Waals surface area (Å²) in [6.07, 6.45) is 2.02. The van der Waals surface area contributed by atoms with Gasteiger partial charge in [-0.05, 0) is 12.0 Å². The van der Waals surface area contributed by atoms with Crippen LogP contribution in [0.15, 0.2) is 6.20 Å². The first-order valence-corrected chi connectivity index (χ1v) is 6.48. The Balaban J connectivity index is 2.75. The number of methoxy groups -OCH3 is 1. The van der Waals surface area contributed by atoms with Crippen LogP contribution in [-0.2, 0) is 11.3 Å². The second-order valence-electron chi connectivity index (χ2n) is 4.93. The molecule has 0 spiro atoms. The topological polar surface area (TPSA) is 34.2 Å². The zero-order chi connectivity index (χ0) is 12.2. The molecular weight excluding hydrogens is 220 g/mol. The zero-order valence-corrected chi connectivity index (χ0v) is 11.6. The quantitative estimate of drug-likeness (QED) is 0.862. The van der Waals surface area contributed by atoms with Gasteiger partial charge in [0.2, 0.25) is 0 Å². The molecule has 0 aliphatic carbocycles. The molecule has 0 bridgehead atoms. The Morgan fingerprint density at radius 3 is 2.69 bits per heavy atom. The van der Waals surface area contributed by atoms with Crippen LogP contribution < -0.4 is 5.32 Å². The van der Waals surface area contributed by atoms with E-state index in [9.17, 15) is 0 Å². The van der Waals surface area contributed by atoms with E-state index in [2.05, 4.69) is 38.0 Å². The Hall–Kier alpha value is -0.450. The monoisotopic (exact) mass is 242 g/mol. The molecule has 92 valence electrons. The average Bonchev–Trinajstić information content (AvgIpc) is 2.62. The molecule has 1 heterocycles. The molecule has 4 heteroatoms. The second kappa shape index (κ2) is 5.75. The highest BCUT2D eigenvalue weighted by atomic mass is 32.1. The molecule has 0 saturated heterocycles. The standard InChI is InChI=1S/C12H22N2OS/c1-6-13-7-9-8-14-11(16-9)10(15-5)12(2,3)4/h8,10,13H,6-7H2,1-5H3. The lowest BCUT2D eigenvalue weighted by atomic mass is 9.89. The Bertz CT molecular complexity index is 317. The van der Waals surface area contributed by atoms with Gasteiger partial charge < -0.3 is 10.1 Å². The normalized spacial score (nSPS) is 14.1. The lowest BCUT2D eigenvalue weighted by Crippen LogP contribution is -2.19. The van der Waals surface area contributed by atoms with E-state index in [1.54, 1.807) is 18.4 Å². The number of rotatable bonds is 5. The number of hydrogen-bond acceptors (Lipinski definition) is 4. The molecule has 0 radical (unpaired) electrons. The highest BCUT2D eigenvalue weighted by Gasteiger charge is 2.28. The van der Waals surface area contributed by atoms with Crippen LogP contribution in [0.4, 0.5) is 0 Å². The summed E-state index contributed by atoms with van der Waals surface area (Å²) in [5.74, 6) is 0. The third-order valence-electron chi connectivity index (χ3n) is 2.37. The molecule has 0 aromatic carbocycles. The van der Waals surface area contributed by atoms with Crippen molar-refractivity contribution >= 4 is 11.3 Å². The van der Waals surface area contributed by atoms with Crippen molar-refractivity contribution in [1.82, 2.24) is 10.3 Å². The van der Waals surface area contributed by atoms with Crippen molar-refractivity contribution in [3.8, 4) is 0 Å². The summed E-state index contributed by atoms with van der Waals surface area (Å²) in [5, 5.41) is 4.38. The Kier molecular flexibility index (Phi) is 4.89. The van der Waals surface area contributed by atoms with E-state index < -0.39 is 0 Å². The van der Waals surface area contributed by atoms with Gasteiger partial charge in [-0.3, -0.25) is 0 Å². The highest BCUT2D eigenvalue weighted by molar-refractivity contribution is 7.11. The third-order valence-corrected chi connectivity index (χ3v) is 3.41. The number of nitrogens with zero attached hydrogens (tertiary/aromatic N) is 1. The fourth-order valence-corrected chi connectivity index (χ4v) is 2.81. The number of ether oxygens (including phenoxy) is 1. The van der Waals surface area contributed by atoms with Gasteiger partial charge in [0.1, 0.15) is 11.1 Å². The summed E-state index contributed by atoms with van der Waals surface area (Å²) >= 11 is 1.73. The number of thiazole rings is 1. The molecule has 16 heavy (non-hydrogen) atoms. The SMILES string of the molecule is CCNCc1cnc(C(OC)C(C)(C)C)s1. The predicted molar refractivity (Wildman–Crippen MR) is 68.7 cm³/mol. The summed E-state index contributed by atoms with van der Waals surface area (Å²) in [6.45, 7) is 10.5. The van der Waals surface area contributed by atoms with Crippen molar-refractivity contribution in [2.45, 2.75) is 40.3 Å². The minimum atomic E-state index is 0.0767. The van der Waals surface area contributed by atoms with Gasteiger partial charge in [0.25, 0.3) is 0 Å². The van der Waals surface area contributed by atoms with Crippen molar-refractivity contribution in [2.24, 2.45) is 5.41 Å². The molecule has 1 aromatic rings. The molecule has 1 aromatic heterocycles. The number of nitrogens with one attached hydrogen (secondary N) is 1. The van der Waals surface area contributed by atoms with Gasteiger partial charge in [0, 0.05) is 24.7 Å². The Labute approximate surface area is 102 Å². The third kappa shape index (κ3) is 3.54. The Morgan fingerprint density at radius 2 is 2.19 bits per heavy atom. The first-order chi connectivity index (χ1) is 7.49. The summed E-state index contributed by atoms with van der Waals surface area (Å²) < 4.78 is 5.55. The van der Waals surface area contributed by atoms with E-state index in [0.717, 1.165) is 18.1 Å². The minimum absolute atomic E-state index is 0.0767. The van der Waals surface area contributed by atoms with Crippen molar-refractivity contribution in [2.75, 3.05) is 13.7 Å². The molecule has 1 rings (SSSR count). The maximum Gasteiger partial charge on any atom is 0.122 e. The largest absolute Gasteiger partial charge is 0.374 e. The molecule has 1 N–H and O–H groups in total. The van der Waals surface area contributed by atoms with Gasteiger partial charge in [-0.1, -0.05) is 27.7 Å². The minimum Gasteiger partial charge on any atom is -0.374 e. The van der Waals surface area contributed by atoms with Crippen LogP contribution in [-0.4, -0.2) is 18.6 Å². The van der Waals surface area contributed by atoms with Gasteiger partial charge in [0.15, 0.2) is 0 Å². The van der Waals surface area contributed by atoms with E-state index in [1.165, 1.54) is 4.88 Å². The van der Waals surface area contributed by atoms with Crippen molar-refractivity contribution < 1.29 is 4.74 Å².